The van der Waals surface area contributed by atoms with Gasteiger partial charge in [-0.25, -0.2) is 8.42 Å². The summed E-state index contributed by atoms with van der Waals surface area (Å²) in [6, 6.07) is 9.78. The van der Waals surface area contributed by atoms with Crippen molar-refractivity contribution >= 4 is 15.9 Å². The first-order chi connectivity index (χ1) is 11.5. The molecular weight excluding hydrogens is 328 g/mol. The van der Waals surface area contributed by atoms with Crippen LogP contribution in [0.25, 0.3) is 0 Å². The number of hydrogen-bond acceptors (Lipinski definition) is 4. The molecule has 3 rings (SSSR count). The van der Waals surface area contributed by atoms with Crippen molar-refractivity contribution in [3.8, 4) is 0 Å². The maximum Gasteiger partial charge on any atom is 0.254 e. The van der Waals surface area contributed by atoms with Gasteiger partial charge in [0.25, 0.3) is 5.91 Å². The Morgan fingerprint density at radius 2 is 1.96 bits per heavy atom. The Morgan fingerprint density at radius 3 is 2.62 bits per heavy atom. The molecule has 0 spiro atoms. The maximum atomic E-state index is 12.6. The summed E-state index contributed by atoms with van der Waals surface area (Å²) >= 11 is 0. The summed E-state index contributed by atoms with van der Waals surface area (Å²) in [6.45, 7) is 1.41. The summed E-state index contributed by atoms with van der Waals surface area (Å²) in [5, 5.41) is 0. The Kier molecular flexibility index (Phi) is 4.73. The van der Waals surface area contributed by atoms with E-state index in [-0.39, 0.29) is 10.8 Å². The Bertz CT molecular complexity index is 809. The van der Waals surface area contributed by atoms with E-state index in [2.05, 4.69) is 0 Å². The molecule has 1 aromatic carbocycles. The molecule has 24 heavy (non-hydrogen) atoms. The first-order valence-electron chi connectivity index (χ1n) is 7.86. The minimum absolute atomic E-state index is 0.168. The average Bonchev–Trinajstić information content (AvgIpc) is 3.28. The van der Waals surface area contributed by atoms with Crippen molar-refractivity contribution < 1.29 is 17.6 Å². The number of sulfonamides is 1. The third-order valence-corrected chi connectivity index (χ3v) is 6.00. The van der Waals surface area contributed by atoms with E-state index >= 15 is 0 Å². The van der Waals surface area contributed by atoms with Crippen LogP contribution in [0.4, 0.5) is 0 Å². The summed E-state index contributed by atoms with van der Waals surface area (Å²) in [5.74, 6) is 0.427. The Morgan fingerprint density at radius 1 is 1.21 bits per heavy atom. The van der Waals surface area contributed by atoms with Crippen LogP contribution in [0.1, 0.15) is 29.0 Å². The second-order valence-corrected chi connectivity index (χ2v) is 7.82. The van der Waals surface area contributed by atoms with Crippen LogP contribution >= 0.6 is 0 Å². The summed E-state index contributed by atoms with van der Waals surface area (Å²) in [6.07, 6.45) is 3.31. The van der Waals surface area contributed by atoms with Crippen molar-refractivity contribution in [1.29, 1.82) is 0 Å². The molecule has 1 aliphatic heterocycles. The molecule has 1 fully saturated rings. The normalized spacial score (nSPS) is 15.5. The van der Waals surface area contributed by atoms with Gasteiger partial charge in [-0.1, -0.05) is 6.07 Å². The monoisotopic (exact) mass is 348 g/mol. The number of nitrogens with zero attached hydrogens (tertiary/aromatic N) is 2. The molecule has 1 aliphatic rings. The predicted octanol–water partition coefficient (Wildman–Crippen LogP) is 2.34. The van der Waals surface area contributed by atoms with Crippen molar-refractivity contribution in [2.24, 2.45) is 0 Å². The molecule has 0 radical (unpaired) electrons. The van der Waals surface area contributed by atoms with Crippen molar-refractivity contribution in [2.75, 3.05) is 20.1 Å². The molecule has 2 heterocycles. The Balaban J connectivity index is 1.80. The van der Waals surface area contributed by atoms with Crippen molar-refractivity contribution in [3.05, 3.63) is 54.0 Å². The fourth-order valence-corrected chi connectivity index (χ4v) is 4.36. The van der Waals surface area contributed by atoms with Crippen LogP contribution in [-0.4, -0.2) is 43.7 Å². The number of benzene rings is 1. The van der Waals surface area contributed by atoms with E-state index in [1.165, 1.54) is 21.3 Å². The number of furan rings is 1. The molecule has 0 atom stereocenters. The van der Waals surface area contributed by atoms with Crippen molar-refractivity contribution in [1.82, 2.24) is 9.21 Å². The van der Waals surface area contributed by atoms with Gasteiger partial charge in [0.2, 0.25) is 10.0 Å². The highest BCUT2D eigenvalue weighted by molar-refractivity contribution is 7.89. The van der Waals surface area contributed by atoms with Crippen molar-refractivity contribution in [3.63, 3.8) is 0 Å². The fraction of sp³-hybridized carbons (Fsp3) is 0.353. The second kappa shape index (κ2) is 6.78. The smallest absolute Gasteiger partial charge is 0.254 e. The van der Waals surface area contributed by atoms with Crippen LogP contribution < -0.4 is 0 Å². The topological polar surface area (TPSA) is 70.8 Å². The number of amides is 1. The Labute approximate surface area is 141 Å². The van der Waals surface area contributed by atoms with Crippen LogP contribution in [-0.2, 0) is 16.6 Å². The van der Waals surface area contributed by atoms with E-state index in [4.69, 9.17) is 4.42 Å². The predicted molar refractivity (Wildman–Crippen MR) is 88.9 cm³/mol. The molecule has 0 aliphatic carbocycles. The van der Waals surface area contributed by atoms with Crippen LogP contribution in [0.5, 0.6) is 0 Å². The van der Waals surface area contributed by atoms with Gasteiger partial charge in [0.05, 0.1) is 17.7 Å². The first kappa shape index (κ1) is 16.7. The molecule has 1 saturated heterocycles. The molecule has 0 unspecified atom stereocenters. The fourth-order valence-electron chi connectivity index (χ4n) is 2.80. The zero-order valence-corrected chi connectivity index (χ0v) is 14.3. The quantitative estimate of drug-likeness (QED) is 0.831. The third-order valence-electron chi connectivity index (χ3n) is 4.10. The van der Waals surface area contributed by atoms with Gasteiger partial charge in [-0.3, -0.25) is 4.79 Å². The van der Waals surface area contributed by atoms with E-state index in [9.17, 15) is 13.2 Å². The largest absolute Gasteiger partial charge is 0.467 e. The lowest BCUT2D eigenvalue weighted by Crippen LogP contribution is -2.29. The second-order valence-electron chi connectivity index (χ2n) is 5.88. The summed E-state index contributed by atoms with van der Waals surface area (Å²) in [7, 11) is -1.87. The van der Waals surface area contributed by atoms with Gasteiger partial charge in [0.15, 0.2) is 0 Å². The SMILES string of the molecule is CN(Cc1ccco1)C(=O)c1cccc(S(=O)(=O)N2CCCC2)c1. The van der Waals surface area contributed by atoms with E-state index in [0.29, 0.717) is 31.0 Å². The van der Waals surface area contributed by atoms with Crippen LogP contribution in [0.3, 0.4) is 0 Å². The highest BCUT2D eigenvalue weighted by atomic mass is 32.2. The highest BCUT2D eigenvalue weighted by Crippen LogP contribution is 2.22. The van der Waals surface area contributed by atoms with Gasteiger partial charge < -0.3 is 9.32 Å². The maximum absolute atomic E-state index is 12.6. The lowest BCUT2D eigenvalue weighted by molar-refractivity contribution is 0.0775. The Hall–Kier alpha value is -2.12. The molecule has 128 valence electrons. The molecule has 1 amide bonds. The van der Waals surface area contributed by atoms with E-state index in [1.807, 2.05) is 0 Å². The average molecular weight is 348 g/mol. The summed E-state index contributed by atoms with van der Waals surface area (Å²) < 4.78 is 32.0. The molecule has 2 aromatic rings. The highest BCUT2D eigenvalue weighted by Gasteiger charge is 2.27. The lowest BCUT2D eigenvalue weighted by atomic mass is 10.2. The molecule has 7 heteroatoms. The standard InChI is InChI=1S/C17H20N2O4S/c1-18(13-15-7-5-11-23-15)17(20)14-6-4-8-16(12-14)24(21,22)19-9-2-3-10-19/h4-8,11-12H,2-3,9-10,13H2,1H3. The third kappa shape index (κ3) is 3.37. The van der Waals surface area contributed by atoms with Crippen molar-refractivity contribution in [2.45, 2.75) is 24.3 Å². The van der Waals surface area contributed by atoms with Crippen LogP contribution in [0.15, 0.2) is 52.0 Å². The van der Waals surface area contributed by atoms with Gasteiger partial charge in [-0.05, 0) is 43.2 Å². The molecule has 6 nitrogen and oxygen atoms in total. The number of rotatable bonds is 5. The zero-order chi connectivity index (χ0) is 17.2. The molecule has 0 bridgehead atoms. The van der Waals surface area contributed by atoms with Crippen LogP contribution in [0, 0.1) is 0 Å². The van der Waals surface area contributed by atoms with E-state index < -0.39 is 10.0 Å². The molecular formula is C17H20N2O4S. The van der Waals surface area contributed by atoms with Gasteiger partial charge in [0, 0.05) is 25.7 Å². The minimum atomic E-state index is -3.53. The van der Waals surface area contributed by atoms with E-state index in [0.717, 1.165) is 12.8 Å². The minimum Gasteiger partial charge on any atom is -0.467 e. The summed E-state index contributed by atoms with van der Waals surface area (Å²) in [4.78, 5) is 14.2. The molecule has 0 saturated carbocycles. The summed E-state index contributed by atoms with van der Waals surface area (Å²) in [5.41, 5.74) is 0.351. The van der Waals surface area contributed by atoms with Gasteiger partial charge in [-0.15, -0.1) is 0 Å². The number of carbonyl (C=O) groups is 1. The first-order valence-corrected chi connectivity index (χ1v) is 9.30. The van der Waals surface area contributed by atoms with Crippen LogP contribution in [0.2, 0.25) is 0 Å². The van der Waals surface area contributed by atoms with Gasteiger partial charge in [0.1, 0.15) is 5.76 Å². The van der Waals surface area contributed by atoms with E-state index in [1.54, 1.807) is 37.6 Å². The lowest BCUT2D eigenvalue weighted by Gasteiger charge is -2.18. The molecule has 0 N–H and O–H groups in total. The molecule has 1 aromatic heterocycles. The van der Waals surface area contributed by atoms with Gasteiger partial charge >= 0.3 is 0 Å². The number of hydrogen-bond donors (Lipinski definition) is 0. The van der Waals surface area contributed by atoms with Gasteiger partial charge in [-0.2, -0.15) is 4.31 Å². The zero-order valence-electron chi connectivity index (χ0n) is 13.5. The number of carbonyl (C=O) groups excluding carboxylic acids is 1.